The highest BCUT2D eigenvalue weighted by Crippen LogP contribution is 2.46. The molecule has 468 valence electrons. The molecule has 86 heavy (non-hydrogen) atoms. The zero-order valence-electron chi connectivity index (χ0n) is 46.5. The van der Waals surface area contributed by atoms with E-state index in [1.54, 1.807) is 91.0 Å². The summed E-state index contributed by atoms with van der Waals surface area (Å²) >= 11 is 0. The second-order valence-corrected chi connectivity index (χ2v) is 23.9. The van der Waals surface area contributed by atoms with Crippen molar-refractivity contribution in [3.8, 4) is 0 Å². The molecule has 0 saturated carbocycles. The molecule has 5 aromatic rings. The van der Waals surface area contributed by atoms with Gasteiger partial charge in [-0.2, -0.15) is 52.7 Å². The molecule has 7 rings (SSSR count). The van der Waals surface area contributed by atoms with Crippen molar-refractivity contribution in [3.05, 3.63) is 200 Å². The standard InChI is InChI=1S/C32H31F6N3O5S.C24H25F6N3O3S.CH4O/c1-22(24-16-26(31(33,34)35)18-27(17-24)32(36,37)38)46-21-29(25-12-8-5-9-13-25)14-15-30(39-2,40-47(3,43)44)20-41(29)28(42)45-19-23-10-6-4-7-11-23;1-16(17-11-19(23(25,26)27)13-20(12-17)24(28,29)30)36-15-21(18-7-5-4-6-8-18)9-10-22(31-2,14-32-21)33-37(3,34)35;1-2/h4-13,16-18,22,40H,14-15,19-21H2,1,3H3;4-8,11-13,16,32-33H,9-10,14-15H2,1,3H3;2H,1H3/t22-,29-,30+;16-,21-,22+;/m11./s1. The van der Waals surface area contributed by atoms with Gasteiger partial charge in [-0.3, -0.25) is 19.9 Å². The van der Waals surface area contributed by atoms with Crippen LogP contribution in [0.1, 0.15) is 102 Å². The maximum absolute atomic E-state index is 13.9. The zero-order chi connectivity index (χ0) is 64.4. The highest BCUT2D eigenvalue weighted by Gasteiger charge is 2.57. The van der Waals surface area contributed by atoms with E-state index < -0.39 is 126 Å². The van der Waals surface area contributed by atoms with Gasteiger partial charge in [0.15, 0.2) is 0 Å². The molecule has 29 heteroatoms. The highest BCUT2D eigenvalue weighted by molar-refractivity contribution is 7.89. The van der Waals surface area contributed by atoms with Crippen LogP contribution >= 0.6 is 0 Å². The number of aliphatic hydroxyl groups excluding tert-OH is 1. The molecule has 5 aromatic carbocycles. The Morgan fingerprint density at radius 2 is 0.977 bits per heavy atom. The van der Waals surface area contributed by atoms with Crippen molar-refractivity contribution in [1.82, 2.24) is 19.7 Å². The molecule has 0 unspecified atom stereocenters. The molecule has 1 amide bonds. The Hall–Kier alpha value is -6.83. The number of hydrogen-bond acceptors (Lipinski definition) is 10. The van der Waals surface area contributed by atoms with Gasteiger partial charge in [0.1, 0.15) is 13.2 Å². The molecule has 2 heterocycles. The fraction of sp³-hybridized carbons (Fsp3) is 0.421. The van der Waals surface area contributed by atoms with Crippen LogP contribution < -0.4 is 14.8 Å². The number of sulfonamides is 2. The summed E-state index contributed by atoms with van der Waals surface area (Å²) < 4.78 is 231. The number of likely N-dealkylation sites (tertiary alicyclic amines) is 1. The first-order chi connectivity index (χ1) is 39.9. The molecule has 2 aliphatic heterocycles. The fourth-order valence-corrected chi connectivity index (χ4v) is 11.5. The van der Waals surface area contributed by atoms with Gasteiger partial charge in [-0.1, -0.05) is 91.0 Å². The summed E-state index contributed by atoms with van der Waals surface area (Å²) in [6, 6.07) is 28.2. The number of aliphatic hydroxyl groups is 1. The maximum Gasteiger partial charge on any atom is 0.416 e. The van der Waals surface area contributed by atoms with Crippen LogP contribution in [0.25, 0.3) is 9.69 Å². The van der Waals surface area contributed by atoms with Crippen molar-refractivity contribution in [3.63, 3.8) is 0 Å². The molecule has 0 spiro atoms. The number of amides is 1. The van der Waals surface area contributed by atoms with E-state index in [1.165, 1.54) is 13.8 Å². The van der Waals surface area contributed by atoms with Crippen molar-refractivity contribution in [1.29, 1.82) is 0 Å². The lowest BCUT2D eigenvalue weighted by atomic mass is 9.78. The molecule has 4 N–H and O–H groups in total. The smallest absolute Gasteiger partial charge is 0.416 e. The molecule has 0 radical (unpaired) electrons. The Kier molecular flexibility index (Phi) is 22.3. The summed E-state index contributed by atoms with van der Waals surface area (Å²) in [6.07, 6.45) is -21.7. The first kappa shape index (κ1) is 69.9. The maximum atomic E-state index is 13.9. The van der Waals surface area contributed by atoms with Crippen molar-refractivity contribution >= 4 is 26.1 Å². The van der Waals surface area contributed by atoms with Crippen molar-refractivity contribution in [2.75, 3.05) is 45.9 Å². The lowest BCUT2D eigenvalue weighted by molar-refractivity contribution is -0.145. The van der Waals surface area contributed by atoms with Crippen LogP contribution in [0.3, 0.4) is 0 Å². The number of halogens is 12. The quantitative estimate of drug-likeness (QED) is 0.0548. The number of benzene rings is 5. The molecule has 2 aliphatic rings. The molecular weight excluding hydrogens is 1200 g/mol. The second-order valence-electron chi connectivity index (χ2n) is 20.4. The summed E-state index contributed by atoms with van der Waals surface area (Å²) in [5.41, 5.74) is -10.5. The van der Waals surface area contributed by atoms with E-state index >= 15 is 0 Å². The SMILES string of the molecule is CO.[C-]#[N+][C@]1(NS(C)(=O)=O)CC[C@@](CO[C@H](C)c2cc(C(F)(F)F)cc(C(F)(F)F)c2)(c2ccccc2)N(C(=O)OCc2ccccc2)C1.[C-]#[N+][C@]1(NS(C)(=O)=O)CC[C@@](CO[C@H](C)c2cc(C(F)(F)F)cc(C(F)(F)F)c2)(c2ccccc2)NC1. The van der Waals surface area contributed by atoms with Gasteiger partial charge in [0.25, 0.3) is 0 Å². The monoisotopic (exact) mass is 1260 g/mol. The average Bonchev–Trinajstić information content (AvgIpc) is 0.821. The van der Waals surface area contributed by atoms with Crippen molar-refractivity contribution < 1.29 is 93.6 Å². The van der Waals surface area contributed by atoms with Gasteiger partial charge in [-0.05, 0) is 90.9 Å². The van der Waals surface area contributed by atoms with Gasteiger partial charge in [-0.15, -0.1) is 9.44 Å². The molecule has 0 aliphatic carbocycles. The van der Waals surface area contributed by atoms with Crippen molar-refractivity contribution in [2.24, 2.45) is 0 Å². The predicted octanol–water partition coefficient (Wildman–Crippen LogP) is 12.1. The van der Waals surface area contributed by atoms with Gasteiger partial charge in [-0.25, -0.2) is 34.8 Å². The number of ether oxygens (including phenoxy) is 3. The molecule has 0 bridgehead atoms. The van der Waals surface area contributed by atoms with E-state index in [1.807, 2.05) is 0 Å². The minimum absolute atomic E-state index is 0.0199. The molecular formula is C57H60F12N6O9S2. The molecule has 15 nitrogen and oxygen atoms in total. The van der Waals surface area contributed by atoms with E-state index in [2.05, 4.69) is 24.5 Å². The summed E-state index contributed by atoms with van der Waals surface area (Å²) in [5, 5.41) is 10.2. The number of hydrogen-bond donors (Lipinski definition) is 4. The Balaban J connectivity index is 0.000000313. The van der Waals surface area contributed by atoms with Crippen LogP contribution in [-0.4, -0.2) is 90.2 Å². The Bertz CT molecular complexity index is 3350. The van der Waals surface area contributed by atoms with Crippen LogP contribution in [0, 0.1) is 13.1 Å². The normalized spacial score (nSPS) is 21.9. The fourth-order valence-electron chi connectivity index (χ4n) is 9.72. The van der Waals surface area contributed by atoms with Gasteiger partial charge >= 0.3 is 42.1 Å². The number of alkyl halides is 12. The molecule has 2 fully saturated rings. The number of nitrogens with zero attached hydrogens (tertiary/aromatic N) is 3. The van der Waals surface area contributed by atoms with Crippen LogP contribution in [0.2, 0.25) is 0 Å². The Morgan fingerprint density at radius 3 is 1.36 bits per heavy atom. The van der Waals surface area contributed by atoms with Crippen LogP contribution in [0.5, 0.6) is 0 Å². The third-order valence-electron chi connectivity index (χ3n) is 14.1. The average molecular weight is 1270 g/mol. The second kappa shape index (κ2) is 27.5. The minimum Gasteiger partial charge on any atom is -0.445 e. The molecule has 6 atom stereocenters. The molecule has 2 saturated heterocycles. The van der Waals surface area contributed by atoms with Gasteiger partial charge in [0.05, 0.1) is 77.8 Å². The van der Waals surface area contributed by atoms with E-state index in [9.17, 15) is 74.3 Å². The number of carbonyl (C=O) groups excluding carboxylic acids is 1. The first-order valence-electron chi connectivity index (χ1n) is 25.7. The Morgan fingerprint density at radius 1 is 0.593 bits per heavy atom. The summed E-state index contributed by atoms with van der Waals surface area (Å²) in [4.78, 5) is 22.0. The lowest BCUT2D eigenvalue weighted by Gasteiger charge is -2.49. The van der Waals surface area contributed by atoms with E-state index in [4.69, 9.17) is 32.5 Å². The van der Waals surface area contributed by atoms with Crippen LogP contribution in [0.4, 0.5) is 57.5 Å². The van der Waals surface area contributed by atoms with Gasteiger partial charge in [0.2, 0.25) is 20.0 Å². The lowest BCUT2D eigenvalue weighted by Crippen LogP contribution is -2.65. The van der Waals surface area contributed by atoms with Gasteiger partial charge in [0, 0.05) is 20.0 Å². The van der Waals surface area contributed by atoms with Crippen LogP contribution in [-0.2, 0) is 76.6 Å². The van der Waals surface area contributed by atoms with Gasteiger partial charge < -0.3 is 19.3 Å². The van der Waals surface area contributed by atoms with Crippen molar-refractivity contribution in [2.45, 2.75) is 105 Å². The Labute approximate surface area is 489 Å². The number of piperidine rings is 2. The minimum atomic E-state index is -5.07. The first-order valence-corrected chi connectivity index (χ1v) is 29.5. The summed E-state index contributed by atoms with van der Waals surface area (Å²) in [6.45, 7) is 16.6. The summed E-state index contributed by atoms with van der Waals surface area (Å²) in [7, 11) is -6.66. The largest absolute Gasteiger partial charge is 0.445 e. The topological polar surface area (TPSA) is 181 Å². The zero-order valence-corrected chi connectivity index (χ0v) is 48.2. The van der Waals surface area contributed by atoms with E-state index in [-0.39, 0.29) is 63.1 Å². The predicted molar refractivity (Wildman–Crippen MR) is 290 cm³/mol. The highest BCUT2D eigenvalue weighted by atomic mass is 32.2. The third kappa shape index (κ3) is 18.4. The molecule has 0 aromatic heterocycles. The van der Waals surface area contributed by atoms with E-state index in [0.717, 1.165) is 24.5 Å². The number of rotatable bonds is 16. The van der Waals surface area contributed by atoms with E-state index in [0.29, 0.717) is 41.0 Å². The third-order valence-corrected chi connectivity index (χ3v) is 15.6. The van der Waals surface area contributed by atoms with Crippen LogP contribution in [0.15, 0.2) is 127 Å². The summed E-state index contributed by atoms with van der Waals surface area (Å²) in [5.74, 6) is 0. The number of nitrogens with one attached hydrogen (secondary N) is 3. The number of carbonyl (C=O) groups is 1.